The summed E-state index contributed by atoms with van der Waals surface area (Å²) in [6.07, 6.45) is 3.43. The maximum absolute atomic E-state index is 4.75. The van der Waals surface area contributed by atoms with Crippen LogP contribution >= 0.6 is 12.2 Å². The van der Waals surface area contributed by atoms with E-state index in [0.717, 1.165) is 11.4 Å². The number of hydrogen-bond acceptors (Lipinski definition) is 1. The Hall–Kier alpha value is 0.0500. The average Bonchev–Trinajstić information content (AvgIpc) is 1.61. The van der Waals surface area contributed by atoms with Crippen LogP contribution in [0, 0.1) is 0 Å². The second-order valence-electron chi connectivity index (χ2n) is 1.64. The molecule has 0 fully saturated rings. The van der Waals surface area contributed by atoms with Gasteiger partial charge in [0.2, 0.25) is 0 Å². The number of hydrogen-bond donors (Lipinski definition) is 1. The molecule has 0 saturated carbocycles. The monoisotopic (exact) mass is 118 g/mol. The Morgan fingerprint density at radius 2 is 2.29 bits per heavy atom. The molecule has 3 N–H and O–H groups in total. The van der Waals surface area contributed by atoms with Crippen molar-refractivity contribution >= 4 is 17.2 Å². The van der Waals surface area contributed by atoms with Crippen molar-refractivity contribution in [1.29, 1.82) is 0 Å². The van der Waals surface area contributed by atoms with Crippen LogP contribution in [0.5, 0.6) is 0 Å². The lowest BCUT2D eigenvalue weighted by Crippen LogP contribution is -2.55. The second-order valence-corrected chi connectivity index (χ2v) is 2.22. The number of rotatable bonds is 3. The van der Waals surface area contributed by atoms with Crippen LogP contribution in [0.2, 0.25) is 0 Å². The first-order valence-corrected chi connectivity index (χ1v) is 3.03. The molecule has 0 aromatic rings. The fourth-order valence-electron chi connectivity index (χ4n) is 0.374. The van der Waals surface area contributed by atoms with Gasteiger partial charge in [0, 0.05) is 6.42 Å². The van der Waals surface area contributed by atoms with E-state index in [4.69, 9.17) is 12.2 Å². The summed E-state index contributed by atoms with van der Waals surface area (Å²) in [6.45, 7) is 2.15. The van der Waals surface area contributed by atoms with Crippen LogP contribution in [0.4, 0.5) is 0 Å². The van der Waals surface area contributed by atoms with Crippen molar-refractivity contribution in [2.45, 2.75) is 26.2 Å². The molecule has 42 valence electrons. The van der Waals surface area contributed by atoms with E-state index in [1.165, 1.54) is 12.8 Å². The van der Waals surface area contributed by atoms with Crippen LogP contribution < -0.4 is 5.73 Å². The third kappa shape index (κ3) is 6.05. The smallest absolute Gasteiger partial charge is 0.169 e. The molecule has 0 spiro atoms. The standard InChI is InChI=1S/C5H11NS/c1-2-3-4-5(6)7/h2-4H2,1H3,(H2,6,7)/p+1. The van der Waals surface area contributed by atoms with Gasteiger partial charge in [0.05, 0.1) is 0 Å². The Balaban J connectivity index is 2.82. The minimum Gasteiger partial charge on any atom is -0.319 e. The Morgan fingerprint density at radius 3 is 2.43 bits per heavy atom. The molecular weight excluding hydrogens is 106 g/mol. The van der Waals surface area contributed by atoms with Gasteiger partial charge in [0.15, 0.2) is 4.99 Å². The molecule has 0 aliphatic carbocycles. The van der Waals surface area contributed by atoms with Crippen LogP contribution in [-0.2, 0) is 0 Å². The quantitative estimate of drug-likeness (QED) is 0.544. The van der Waals surface area contributed by atoms with Crippen LogP contribution in [0.15, 0.2) is 0 Å². The van der Waals surface area contributed by atoms with Crippen LogP contribution in [-0.4, -0.2) is 4.99 Å². The van der Waals surface area contributed by atoms with Crippen molar-refractivity contribution in [2.75, 3.05) is 0 Å². The van der Waals surface area contributed by atoms with E-state index in [1.54, 1.807) is 0 Å². The summed E-state index contributed by atoms with van der Waals surface area (Å²) in [7, 11) is 0. The molecule has 0 saturated heterocycles. The lowest BCUT2D eigenvalue weighted by molar-refractivity contribution is -0.212. The molecule has 0 radical (unpaired) electrons. The molecule has 0 aliphatic rings. The molecule has 0 aliphatic heterocycles. The molecule has 0 rings (SSSR count). The van der Waals surface area contributed by atoms with E-state index in [9.17, 15) is 0 Å². The summed E-state index contributed by atoms with van der Waals surface area (Å²) in [6, 6.07) is 0. The highest BCUT2D eigenvalue weighted by molar-refractivity contribution is 7.79. The summed E-state index contributed by atoms with van der Waals surface area (Å²) < 4.78 is 0. The van der Waals surface area contributed by atoms with Gasteiger partial charge >= 0.3 is 0 Å². The van der Waals surface area contributed by atoms with Crippen LogP contribution in [0.3, 0.4) is 0 Å². The predicted molar refractivity (Wildman–Crippen MR) is 35.0 cm³/mol. The summed E-state index contributed by atoms with van der Waals surface area (Å²) in [5, 5.41) is 0. The first-order valence-electron chi connectivity index (χ1n) is 2.62. The topological polar surface area (TPSA) is 27.6 Å². The zero-order chi connectivity index (χ0) is 5.70. The first kappa shape index (κ1) is 7.05. The van der Waals surface area contributed by atoms with Gasteiger partial charge < -0.3 is 5.73 Å². The number of unbranched alkanes of at least 4 members (excludes halogenated alkanes) is 1. The molecule has 1 nitrogen and oxygen atoms in total. The first-order chi connectivity index (χ1) is 3.27. The Kier molecular flexibility index (Phi) is 4.25. The van der Waals surface area contributed by atoms with E-state index in [0.29, 0.717) is 0 Å². The van der Waals surface area contributed by atoms with Gasteiger partial charge in [0.25, 0.3) is 0 Å². The summed E-state index contributed by atoms with van der Waals surface area (Å²) >= 11 is 4.75. The Morgan fingerprint density at radius 1 is 1.71 bits per heavy atom. The minimum atomic E-state index is 0.891. The highest BCUT2D eigenvalue weighted by atomic mass is 32.1. The lowest BCUT2D eigenvalue weighted by Gasteiger charge is -1.86. The maximum Gasteiger partial charge on any atom is 0.169 e. The van der Waals surface area contributed by atoms with Crippen molar-refractivity contribution in [1.82, 2.24) is 0 Å². The second kappa shape index (κ2) is 4.22. The van der Waals surface area contributed by atoms with E-state index in [1.807, 2.05) is 0 Å². The fraction of sp³-hybridized carbons (Fsp3) is 0.800. The highest BCUT2D eigenvalue weighted by Gasteiger charge is 1.88. The van der Waals surface area contributed by atoms with Gasteiger partial charge in [-0.1, -0.05) is 13.3 Å². The minimum absolute atomic E-state index is 0.891. The third-order valence-corrected chi connectivity index (χ3v) is 1.01. The highest BCUT2D eigenvalue weighted by Crippen LogP contribution is 1.90. The zero-order valence-corrected chi connectivity index (χ0v) is 5.55. The fourth-order valence-corrected chi connectivity index (χ4v) is 0.518. The Labute approximate surface area is 49.9 Å². The van der Waals surface area contributed by atoms with E-state index >= 15 is 0 Å². The molecule has 0 unspecified atom stereocenters. The van der Waals surface area contributed by atoms with E-state index < -0.39 is 0 Å². The number of thiocarbonyl (C=S) groups is 1. The molecule has 0 bridgehead atoms. The number of quaternary nitrogens is 1. The summed E-state index contributed by atoms with van der Waals surface area (Å²) in [5.41, 5.74) is 3.61. The van der Waals surface area contributed by atoms with Gasteiger partial charge in [-0.15, -0.1) is 0 Å². The third-order valence-electron chi connectivity index (χ3n) is 0.809. The van der Waals surface area contributed by atoms with Crippen LogP contribution in [0.25, 0.3) is 0 Å². The van der Waals surface area contributed by atoms with E-state index in [-0.39, 0.29) is 0 Å². The lowest BCUT2D eigenvalue weighted by atomic mass is 10.3. The molecule has 0 atom stereocenters. The van der Waals surface area contributed by atoms with Crippen LogP contribution in [0.1, 0.15) is 26.2 Å². The van der Waals surface area contributed by atoms with Crippen molar-refractivity contribution in [3.05, 3.63) is 0 Å². The van der Waals surface area contributed by atoms with Gasteiger partial charge in [-0.3, -0.25) is 0 Å². The molecule has 0 amide bonds. The van der Waals surface area contributed by atoms with Crippen molar-refractivity contribution in [2.24, 2.45) is 0 Å². The summed E-state index contributed by atoms with van der Waals surface area (Å²) in [4.78, 5) is 0.891. The SMILES string of the molecule is CCCCC([NH3+])=S. The average molecular weight is 118 g/mol. The van der Waals surface area contributed by atoms with Gasteiger partial charge in [0.1, 0.15) is 0 Å². The molecule has 7 heavy (non-hydrogen) atoms. The van der Waals surface area contributed by atoms with E-state index in [2.05, 4.69) is 12.7 Å². The normalized spacial score (nSPS) is 8.86. The van der Waals surface area contributed by atoms with Gasteiger partial charge in [-0.05, 0) is 18.6 Å². The molecule has 2 heteroatoms. The van der Waals surface area contributed by atoms with Crippen molar-refractivity contribution in [3.63, 3.8) is 0 Å². The maximum atomic E-state index is 4.75. The molecule has 0 heterocycles. The largest absolute Gasteiger partial charge is 0.319 e. The molecular formula is C5H12NS+. The van der Waals surface area contributed by atoms with Crippen molar-refractivity contribution < 1.29 is 5.73 Å². The van der Waals surface area contributed by atoms with Gasteiger partial charge in [-0.25, -0.2) is 0 Å². The molecule has 0 aromatic carbocycles. The molecule has 0 aromatic heterocycles. The van der Waals surface area contributed by atoms with Crippen molar-refractivity contribution in [3.8, 4) is 0 Å². The summed E-state index contributed by atoms with van der Waals surface area (Å²) in [5.74, 6) is 0. The zero-order valence-electron chi connectivity index (χ0n) is 4.74. The Bertz CT molecular complexity index is 61.1. The predicted octanol–water partition coefficient (Wildman–Crippen LogP) is 0.746. The van der Waals surface area contributed by atoms with Gasteiger partial charge in [-0.2, -0.15) is 0 Å².